The number of hydrogen-bond donors (Lipinski definition) is 2. The number of rotatable bonds is 5. The van der Waals surface area contributed by atoms with Gasteiger partial charge in [0.25, 0.3) is 0 Å². The first kappa shape index (κ1) is 20.2. The maximum atomic E-state index is 12.7. The SMILES string of the molecule is Cc1nc(NC(=O)N2CC[C@H](C)[C@H]2C(N)=O)sc1-c1ccnc(CC(C)C)n1. The summed E-state index contributed by atoms with van der Waals surface area (Å²) in [5.41, 5.74) is 7.06. The Morgan fingerprint density at radius 1 is 1.39 bits per heavy atom. The lowest BCUT2D eigenvalue weighted by Gasteiger charge is -2.23. The molecule has 1 aliphatic rings. The highest BCUT2D eigenvalue weighted by molar-refractivity contribution is 7.19. The van der Waals surface area contributed by atoms with E-state index in [-0.39, 0.29) is 11.9 Å². The second-order valence-electron chi connectivity index (χ2n) is 7.63. The molecule has 3 amide bonds. The van der Waals surface area contributed by atoms with Crippen LogP contribution < -0.4 is 11.1 Å². The fourth-order valence-corrected chi connectivity index (χ4v) is 4.37. The Balaban J connectivity index is 1.77. The highest BCUT2D eigenvalue weighted by atomic mass is 32.1. The highest BCUT2D eigenvalue weighted by Gasteiger charge is 2.38. The van der Waals surface area contributed by atoms with Crippen molar-refractivity contribution >= 4 is 28.4 Å². The Kier molecular flexibility index (Phi) is 5.93. The van der Waals surface area contributed by atoms with E-state index < -0.39 is 11.9 Å². The molecular formula is C19H26N6O2S. The van der Waals surface area contributed by atoms with E-state index >= 15 is 0 Å². The first-order valence-electron chi connectivity index (χ1n) is 9.43. The van der Waals surface area contributed by atoms with Gasteiger partial charge in [-0.2, -0.15) is 0 Å². The van der Waals surface area contributed by atoms with Gasteiger partial charge < -0.3 is 10.6 Å². The van der Waals surface area contributed by atoms with Crippen LogP contribution in [0.5, 0.6) is 0 Å². The summed E-state index contributed by atoms with van der Waals surface area (Å²) < 4.78 is 0. The summed E-state index contributed by atoms with van der Waals surface area (Å²) in [7, 11) is 0. The Hall–Kier alpha value is -2.55. The lowest BCUT2D eigenvalue weighted by Crippen LogP contribution is -2.47. The number of nitrogens with one attached hydrogen (secondary N) is 1. The first-order chi connectivity index (χ1) is 13.3. The molecule has 28 heavy (non-hydrogen) atoms. The molecule has 8 nitrogen and oxygen atoms in total. The summed E-state index contributed by atoms with van der Waals surface area (Å²) >= 11 is 1.36. The zero-order valence-electron chi connectivity index (χ0n) is 16.6. The molecule has 3 heterocycles. The van der Waals surface area contributed by atoms with Crippen molar-refractivity contribution in [3.8, 4) is 10.6 Å². The number of primary amides is 1. The Labute approximate surface area is 168 Å². The Bertz CT molecular complexity index is 881. The van der Waals surface area contributed by atoms with Gasteiger partial charge in [0.2, 0.25) is 5.91 Å². The Morgan fingerprint density at radius 3 is 2.82 bits per heavy atom. The second-order valence-corrected chi connectivity index (χ2v) is 8.63. The Morgan fingerprint density at radius 2 is 2.14 bits per heavy atom. The fourth-order valence-electron chi connectivity index (χ4n) is 3.45. The molecule has 2 atom stereocenters. The van der Waals surface area contributed by atoms with Crippen molar-refractivity contribution in [2.24, 2.45) is 17.6 Å². The summed E-state index contributed by atoms with van der Waals surface area (Å²) in [6.07, 6.45) is 3.31. The van der Waals surface area contributed by atoms with Crippen molar-refractivity contribution < 1.29 is 9.59 Å². The molecule has 3 rings (SSSR count). The van der Waals surface area contributed by atoms with Crippen LogP contribution in [0, 0.1) is 18.8 Å². The third-order valence-corrected chi connectivity index (χ3v) is 5.89. The molecule has 0 aromatic carbocycles. The average Bonchev–Trinajstić information content (AvgIpc) is 3.17. The molecule has 1 aliphatic heterocycles. The van der Waals surface area contributed by atoms with Crippen molar-refractivity contribution in [2.45, 2.75) is 46.6 Å². The van der Waals surface area contributed by atoms with E-state index in [4.69, 9.17) is 5.73 Å². The number of likely N-dealkylation sites (tertiary alicyclic amines) is 1. The molecule has 1 fully saturated rings. The van der Waals surface area contributed by atoms with E-state index in [9.17, 15) is 9.59 Å². The molecule has 0 spiro atoms. The highest BCUT2D eigenvalue weighted by Crippen LogP contribution is 2.32. The summed E-state index contributed by atoms with van der Waals surface area (Å²) in [6.45, 7) is 8.57. The number of aryl methyl sites for hydroxylation is 1. The van der Waals surface area contributed by atoms with Crippen molar-refractivity contribution in [2.75, 3.05) is 11.9 Å². The number of nitrogens with two attached hydrogens (primary N) is 1. The van der Waals surface area contributed by atoms with Crippen LogP contribution in [0.25, 0.3) is 10.6 Å². The molecule has 0 bridgehead atoms. The van der Waals surface area contributed by atoms with Gasteiger partial charge in [-0.05, 0) is 31.2 Å². The lowest BCUT2D eigenvalue weighted by molar-refractivity contribution is -0.122. The van der Waals surface area contributed by atoms with Gasteiger partial charge in [-0.15, -0.1) is 0 Å². The van der Waals surface area contributed by atoms with Gasteiger partial charge >= 0.3 is 6.03 Å². The smallest absolute Gasteiger partial charge is 0.324 e. The fraction of sp³-hybridized carbons (Fsp3) is 0.526. The van der Waals surface area contributed by atoms with Gasteiger partial charge in [0.05, 0.1) is 16.3 Å². The minimum absolute atomic E-state index is 0.0530. The maximum absolute atomic E-state index is 12.7. The molecule has 150 valence electrons. The summed E-state index contributed by atoms with van der Waals surface area (Å²) in [4.78, 5) is 40.2. The minimum atomic E-state index is -0.582. The number of nitrogens with zero attached hydrogens (tertiary/aromatic N) is 4. The van der Waals surface area contributed by atoms with Crippen molar-refractivity contribution in [3.05, 3.63) is 23.8 Å². The number of amides is 3. The van der Waals surface area contributed by atoms with Gasteiger partial charge in [0.1, 0.15) is 11.9 Å². The molecular weight excluding hydrogens is 376 g/mol. The molecule has 0 radical (unpaired) electrons. The molecule has 2 aromatic rings. The third-order valence-electron chi connectivity index (χ3n) is 4.79. The zero-order valence-corrected chi connectivity index (χ0v) is 17.4. The van der Waals surface area contributed by atoms with Gasteiger partial charge in [-0.3, -0.25) is 10.1 Å². The van der Waals surface area contributed by atoms with Crippen LogP contribution in [0.1, 0.15) is 38.7 Å². The van der Waals surface area contributed by atoms with Crippen LogP contribution >= 0.6 is 11.3 Å². The molecule has 3 N–H and O–H groups in total. The molecule has 0 saturated carbocycles. The van der Waals surface area contributed by atoms with Gasteiger partial charge in [-0.25, -0.2) is 19.7 Å². The predicted octanol–water partition coefficient (Wildman–Crippen LogP) is 2.83. The predicted molar refractivity (Wildman–Crippen MR) is 109 cm³/mol. The second kappa shape index (κ2) is 8.22. The van der Waals surface area contributed by atoms with E-state index in [0.29, 0.717) is 17.6 Å². The quantitative estimate of drug-likeness (QED) is 0.798. The van der Waals surface area contributed by atoms with E-state index in [2.05, 4.69) is 34.1 Å². The number of carbonyl (C=O) groups is 2. The van der Waals surface area contributed by atoms with Crippen LogP contribution in [0.4, 0.5) is 9.93 Å². The summed E-state index contributed by atoms with van der Waals surface area (Å²) in [5, 5.41) is 3.29. The number of aromatic nitrogens is 3. The summed E-state index contributed by atoms with van der Waals surface area (Å²) in [6, 6.07) is 0.916. The number of thiazole rings is 1. The molecule has 1 saturated heterocycles. The first-order valence-corrected chi connectivity index (χ1v) is 10.2. The zero-order chi connectivity index (χ0) is 20.4. The number of carbonyl (C=O) groups excluding carboxylic acids is 2. The molecule has 9 heteroatoms. The number of urea groups is 1. The third kappa shape index (κ3) is 4.30. The molecule has 0 unspecified atom stereocenters. The van der Waals surface area contributed by atoms with Gasteiger partial charge in [0, 0.05) is 19.2 Å². The van der Waals surface area contributed by atoms with Crippen molar-refractivity contribution in [3.63, 3.8) is 0 Å². The van der Waals surface area contributed by atoms with E-state index in [0.717, 1.165) is 34.9 Å². The van der Waals surface area contributed by atoms with Gasteiger partial charge in [-0.1, -0.05) is 32.1 Å². The molecule has 0 aliphatic carbocycles. The summed E-state index contributed by atoms with van der Waals surface area (Å²) in [5.74, 6) is 0.835. The van der Waals surface area contributed by atoms with Crippen molar-refractivity contribution in [1.29, 1.82) is 0 Å². The van der Waals surface area contributed by atoms with E-state index in [1.165, 1.54) is 16.2 Å². The average molecular weight is 403 g/mol. The van der Waals surface area contributed by atoms with Crippen LogP contribution in [0.15, 0.2) is 12.3 Å². The van der Waals surface area contributed by atoms with E-state index in [1.807, 2.05) is 19.9 Å². The molecule has 2 aromatic heterocycles. The van der Waals surface area contributed by atoms with Crippen molar-refractivity contribution in [1.82, 2.24) is 19.9 Å². The van der Waals surface area contributed by atoms with E-state index in [1.54, 1.807) is 6.20 Å². The van der Waals surface area contributed by atoms with Crippen LogP contribution in [-0.2, 0) is 11.2 Å². The maximum Gasteiger partial charge on any atom is 0.324 e. The number of anilines is 1. The van der Waals surface area contributed by atoms with Crippen LogP contribution in [0.2, 0.25) is 0 Å². The monoisotopic (exact) mass is 402 g/mol. The minimum Gasteiger partial charge on any atom is -0.368 e. The standard InChI is InChI=1S/C19H26N6O2S/c1-10(2)9-14-21-7-5-13(23-14)16-12(4)22-18(28-16)24-19(27)25-8-6-11(3)15(25)17(20)26/h5,7,10-11,15H,6,8-9H2,1-4H3,(H2,20,26)(H,22,24,27)/t11-,15-/m0/s1. The van der Waals surface area contributed by atoms with Crippen LogP contribution in [0.3, 0.4) is 0 Å². The topological polar surface area (TPSA) is 114 Å². The lowest BCUT2D eigenvalue weighted by atomic mass is 10.0. The van der Waals surface area contributed by atoms with Crippen LogP contribution in [-0.4, -0.2) is 44.4 Å². The normalized spacial score (nSPS) is 19.2. The number of hydrogen-bond acceptors (Lipinski definition) is 6. The van der Waals surface area contributed by atoms with Gasteiger partial charge in [0.15, 0.2) is 5.13 Å². The largest absolute Gasteiger partial charge is 0.368 e.